The molecule has 0 aliphatic carbocycles. The van der Waals surface area contributed by atoms with E-state index in [2.05, 4.69) is 5.32 Å². The zero-order chi connectivity index (χ0) is 9.68. The highest BCUT2D eigenvalue weighted by Gasteiger charge is 2.19. The quantitative estimate of drug-likeness (QED) is 0.654. The van der Waals surface area contributed by atoms with Crippen molar-refractivity contribution in [3.8, 4) is 0 Å². The van der Waals surface area contributed by atoms with Crippen molar-refractivity contribution >= 4 is 23.4 Å². The van der Waals surface area contributed by atoms with Crippen molar-refractivity contribution in [3.05, 3.63) is 0 Å². The number of nitrogens with one attached hydrogen (secondary N) is 1. The van der Waals surface area contributed by atoms with Crippen LogP contribution in [-0.4, -0.2) is 42.2 Å². The summed E-state index contributed by atoms with van der Waals surface area (Å²) in [7, 11) is 0. The smallest absolute Gasteiger partial charge is 0.234 e. The summed E-state index contributed by atoms with van der Waals surface area (Å²) in [6.45, 7) is 1.91. The average molecular weight is 205 g/mol. The fourth-order valence-corrected chi connectivity index (χ4v) is 1.41. The molecule has 1 heterocycles. The van der Waals surface area contributed by atoms with E-state index in [1.807, 2.05) is 0 Å². The first-order valence-corrected chi connectivity index (χ1v) is 4.88. The van der Waals surface area contributed by atoms with Crippen molar-refractivity contribution in [1.29, 1.82) is 0 Å². The maximum Gasteiger partial charge on any atom is 0.234 e. The maximum atomic E-state index is 11.1. The van der Waals surface area contributed by atoms with Crippen LogP contribution in [0.5, 0.6) is 0 Å². The SMILES string of the molecule is O=C(CCl)NCCN1CCCC1=O. The van der Waals surface area contributed by atoms with E-state index in [0.29, 0.717) is 19.5 Å². The second kappa shape index (κ2) is 5.07. The van der Waals surface area contributed by atoms with Crippen LogP contribution < -0.4 is 5.32 Å². The number of amides is 2. The lowest BCUT2D eigenvalue weighted by atomic mass is 10.4. The van der Waals surface area contributed by atoms with Gasteiger partial charge in [-0.15, -0.1) is 11.6 Å². The Morgan fingerprint density at radius 2 is 2.38 bits per heavy atom. The number of alkyl halides is 1. The fraction of sp³-hybridized carbons (Fsp3) is 0.750. The van der Waals surface area contributed by atoms with E-state index in [-0.39, 0.29) is 17.7 Å². The van der Waals surface area contributed by atoms with Crippen molar-refractivity contribution < 1.29 is 9.59 Å². The first kappa shape index (κ1) is 10.3. The number of nitrogens with zero attached hydrogens (tertiary/aromatic N) is 1. The number of rotatable bonds is 4. The monoisotopic (exact) mass is 204 g/mol. The minimum Gasteiger partial charge on any atom is -0.353 e. The minimum absolute atomic E-state index is 0.0199. The van der Waals surface area contributed by atoms with Crippen molar-refractivity contribution in [1.82, 2.24) is 10.2 Å². The van der Waals surface area contributed by atoms with Crippen LogP contribution in [0.2, 0.25) is 0 Å². The van der Waals surface area contributed by atoms with Crippen LogP contribution in [0.3, 0.4) is 0 Å². The molecule has 5 heteroatoms. The van der Waals surface area contributed by atoms with Gasteiger partial charge in [-0.2, -0.15) is 0 Å². The summed E-state index contributed by atoms with van der Waals surface area (Å²) in [4.78, 5) is 23.6. The van der Waals surface area contributed by atoms with E-state index in [9.17, 15) is 9.59 Å². The van der Waals surface area contributed by atoms with Gasteiger partial charge in [0.15, 0.2) is 0 Å². The summed E-state index contributed by atoms with van der Waals surface area (Å²) in [6.07, 6.45) is 1.58. The van der Waals surface area contributed by atoms with E-state index in [4.69, 9.17) is 11.6 Å². The van der Waals surface area contributed by atoms with Gasteiger partial charge in [-0.3, -0.25) is 9.59 Å². The van der Waals surface area contributed by atoms with Crippen molar-refractivity contribution in [3.63, 3.8) is 0 Å². The molecule has 0 aromatic carbocycles. The van der Waals surface area contributed by atoms with Gasteiger partial charge >= 0.3 is 0 Å². The van der Waals surface area contributed by atoms with Gasteiger partial charge in [-0.25, -0.2) is 0 Å². The van der Waals surface area contributed by atoms with Crippen LogP contribution in [0.1, 0.15) is 12.8 Å². The lowest BCUT2D eigenvalue weighted by Crippen LogP contribution is -2.35. The first-order valence-electron chi connectivity index (χ1n) is 4.34. The molecule has 2 amide bonds. The number of carbonyl (C=O) groups excluding carboxylic acids is 2. The van der Waals surface area contributed by atoms with Gasteiger partial charge in [-0.1, -0.05) is 0 Å². The molecule has 0 unspecified atom stereocenters. The number of likely N-dealkylation sites (tertiary alicyclic amines) is 1. The summed E-state index contributed by atoms with van der Waals surface area (Å²) in [5.41, 5.74) is 0. The Bertz CT molecular complexity index is 208. The second-order valence-electron chi connectivity index (χ2n) is 2.97. The lowest BCUT2D eigenvalue weighted by molar-refractivity contribution is -0.128. The van der Waals surface area contributed by atoms with E-state index < -0.39 is 0 Å². The molecule has 0 atom stereocenters. The van der Waals surface area contributed by atoms with Crippen molar-refractivity contribution in [2.75, 3.05) is 25.5 Å². The molecule has 1 aliphatic heterocycles. The van der Waals surface area contributed by atoms with Gasteiger partial charge in [0.25, 0.3) is 0 Å². The van der Waals surface area contributed by atoms with Crippen molar-refractivity contribution in [2.45, 2.75) is 12.8 Å². The van der Waals surface area contributed by atoms with Crippen LogP contribution in [0, 0.1) is 0 Å². The third kappa shape index (κ3) is 3.22. The molecular weight excluding hydrogens is 192 g/mol. The summed E-state index contributed by atoms with van der Waals surface area (Å²) >= 11 is 5.28. The van der Waals surface area contributed by atoms with Gasteiger partial charge in [0.05, 0.1) is 0 Å². The maximum absolute atomic E-state index is 11.1. The minimum atomic E-state index is -0.187. The third-order valence-corrected chi connectivity index (χ3v) is 2.24. The fourth-order valence-electron chi connectivity index (χ4n) is 1.32. The number of hydrogen-bond donors (Lipinski definition) is 1. The molecule has 4 nitrogen and oxygen atoms in total. The molecule has 1 rings (SSSR count). The van der Waals surface area contributed by atoms with Gasteiger partial charge in [0.2, 0.25) is 11.8 Å². The summed E-state index contributed by atoms with van der Waals surface area (Å²) in [5, 5.41) is 2.62. The van der Waals surface area contributed by atoms with Crippen LogP contribution in [0.15, 0.2) is 0 Å². The highest BCUT2D eigenvalue weighted by molar-refractivity contribution is 6.27. The lowest BCUT2D eigenvalue weighted by Gasteiger charge is -2.15. The van der Waals surface area contributed by atoms with E-state index in [1.54, 1.807) is 4.90 Å². The Morgan fingerprint density at radius 3 is 2.92 bits per heavy atom. The van der Waals surface area contributed by atoms with Crippen LogP contribution >= 0.6 is 11.6 Å². The number of halogens is 1. The second-order valence-corrected chi connectivity index (χ2v) is 3.24. The Morgan fingerprint density at radius 1 is 1.62 bits per heavy atom. The molecule has 74 valence electrons. The summed E-state index contributed by atoms with van der Waals surface area (Å²) in [6, 6.07) is 0. The Kier molecular flexibility index (Phi) is 4.02. The van der Waals surface area contributed by atoms with Gasteiger partial charge < -0.3 is 10.2 Å². The topological polar surface area (TPSA) is 49.4 Å². The molecule has 1 aliphatic rings. The number of carbonyl (C=O) groups is 2. The summed E-state index contributed by atoms with van der Waals surface area (Å²) < 4.78 is 0. The molecule has 1 saturated heterocycles. The van der Waals surface area contributed by atoms with Gasteiger partial charge in [0.1, 0.15) is 5.88 Å². The van der Waals surface area contributed by atoms with E-state index >= 15 is 0 Å². The molecule has 0 bridgehead atoms. The van der Waals surface area contributed by atoms with Gasteiger partial charge in [-0.05, 0) is 6.42 Å². The highest BCUT2D eigenvalue weighted by Crippen LogP contribution is 2.07. The molecule has 1 N–H and O–H groups in total. The Hall–Kier alpha value is -0.770. The Labute approximate surface area is 82.2 Å². The zero-order valence-corrected chi connectivity index (χ0v) is 8.14. The normalized spacial score (nSPS) is 16.4. The molecule has 13 heavy (non-hydrogen) atoms. The molecule has 0 saturated carbocycles. The molecule has 1 fully saturated rings. The molecule has 0 radical (unpaired) electrons. The molecular formula is C8H13ClN2O2. The predicted octanol–water partition coefficient (Wildman–Crippen LogP) is -0.0362. The van der Waals surface area contributed by atoms with E-state index in [1.165, 1.54) is 0 Å². The zero-order valence-electron chi connectivity index (χ0n) is 7.38. The number of hydrogen-bond acceptors (Lipinski definition) is 2. The largest absolute Gasteiger partial charge is 0.353 e. The predicted molar refractivity (Wildman–Crippen MR) is 49.5 cm³/mol. The van der Waals surface area contributed by atoms with Crippen LogP contribution in [0.25, 0.3) is 0 Å². The first-order chi connectivity index (χ1) is 6.24. The van der Waals surface area contributed by atoms with Crippen LogP contribution in [0.4, 0.5) is 0 Å². The van der Waals surface area contributed by atoms with Crippen molar-refractivity contribution in [2.24, 2.45) is 0 Å². The molecule has 0 spiro atoms. The van der Waals surface area contributed by atoms with Gasteiger partial charge in [0, 0.05) is 26.1 Å². The summed E-state index contributed by atoms with van der Waals surface area (Å²) in [5.74, 6) is -0.0260. The van der Waals surface area contributed by atoms with Crippen LogP contribution in [-0.2, 0) is 9.59 Å². The molecule has 0 aromatic heterocycles. The molecule has 0 aromatic rings. The average Bonchev–Trinajstić information content (AvgIpc) is 2.52. The van der Waals surface area contributed by atoms with E-state index in [0.717, 1.165) is 13.0 Å². The highest BCUT2D eigenvalue weighted by atomic mass is 35.5. The third-order valence-electron chi connectivity index (χ3n) is 2.00. The standard InChI is InChI=1S/C8H13ClN2O2/c9-6-7(12)10-3-5-11-4-1-2-8(11)13/h1-6H2,(H,10,12). The Balaban J connectivity index is 2.12.